The lowest BCUT2D eigenvalue weighted by molar-refractivity contribution is 0.263. The molecule has 1 N–H and O–H groups in total. The van der Waals surface area contributed by atoms with E-state index < -0.39 is 6.10 Å². The molecule has 0 aliphatic heterocycles. The summed E-state index contributed by atoms with van der Waals surface area (Å²) in [6.45, 7) is 6.00. The molecule has 0 fully saturated rings. The van der Waals surface area contributed by atoms with Crippen LogP contribution in [-0.4, -0.2) is 11.2 Å². The standard InChI is InChI=1S/C13H12O.C2H4/c14-13-9-5-4-8-12(13)10-11-6-2-1-3-7-11;1-2/h1-10,13-14H;1-2H2. The summed E-state index contributed by atoms with van der Waals surface area (Å²) >= 11 is 0. The third-order valence-electron chi connectivity index (χ3n) is 2.17. The van der Waals surface area contributed by atoms with Crippen LogP contribution in [0, 0.1) is 0 Å². The van der Waals surface area contributed by atoms with E-state index in [9.17, 15) is 5.11 Å². The minimum atomic E-state index is -0.472. The number of benzene rings is 1. The van der Waals surface area contributed by atoms with Gasteiger partial charge in [-0.05, 0) is 17.2 Å². The van der Waals surface area contributed by atoms with Crippen LogP contribution in [0.3, 0.4) is 0 Å². The Balaban J connectivity index is 0.000000606. The Morgan fingerprint density at radius 1 is 1.06 bits per heavy atom. The molecule has 0 spiro atoms. The largest absolute Gasteiger partial charge is 0.384 e. The normalized spacial score (nSPS) is 20.3. The highest BCUT2D eigenvalue weighted by Crippen LogP contribution is 2.15. The first kappa shape index (κ1) is 12.2. The third kappa shape index (κ3) is 3.37. The van der Waals surface area contributed by atoms with Gasteiger partial charge in [0.1, 0.15) is 0 Å². The molecule has 0 aromatic heterocycles. The summed E-state index contributed by atoms with van der Waals surface area (Å²) in [6.07, 6.45) is 9.01. The molecule has 16 heavy (non-hydrogen) atoms. The van der Waals surface area contributed by atoms with Gasteiger partial charge in [0.25, 0.3) is 0 Å². The first-order valence-corrected chi connectivity index (χ1v) is 5.16. The van der Waals surface area contributed by atoms with Crippen LogP contribution in [0.15, 0.2) is 73.4 Å². The van der Waals surface area contributed by atoms with Crippen LogP contribution in [0.25, 0.3) is 6.08 Å². The predicted octanol–water partition coefficient (Wildman–Crippen LogP) is 3.36. The molecule has 1 aliphatic carbocycles. The molecule has 1 aromatic carbocycles. The Hall–Kier alpha value is -1.86. The van der Waals surface area contributed by atoms with Crippen molar-refractivity contribution in [2.75, 3.05) is 0 Å². The molecule has 82 valence electrons. The minimum Gasteiger partial charge on any atom is -0.384 e. The lowest BCUT2D eigenvalue weighted by Crippen LogP contribution is -2.06. The highest BCUT2D eigenvalue weighted by atomic mass is 16.3. The molecule has 1 aliphatic rings. The number of aliphatic hydroxyl groups excluding tert-OH is 1. The molecule has 0 bridgehead atoms. The molecular weight excluding hydrogens is 196 g/mol. The Kier molecular flexibility index (Phi) is 5.03. The van der Waals surface area contributed by atoms with E-state index in [1.807, 2.05) is 54.6 Å². The zero-order chi connectivity index (χ0) is 11.8. The SMILES string of the molecule is C=C.OC1C=CC=CC1=Cc1ccccc1. The Morgan fingerprint density at radius 2 is 1.75 bits per heavy atom. The number of hydrogen-bond donors (Lipinski definition) is 1. The molecule has 0 saturated carbocycles. The molecule has 1 atom stereocenters. The quantitative estimate of drug-likeness (QED) is 0.708. The van der Waals surface area contributed by atoms with E-state index in [0.717, 1.165) is 11.1 Å². The van der Waals surface area contributed by atoms with E-state index in [1.54, 1.807) is 6.08 Å². The fourth-order valence-corrected chi connectivity index (χ4v) is 1.42. The zero-order valence-electron chi connectivity index (χ0n) is 9.21. The van der Waals surface area contributed by atoms with E-state index in [2.05, 4.69) is 13.2 Å². The number of allylic oxidation sites excluding steroid dienone is 2. The topological polar surface area (TPSA) is 20.2 Å². The van der Waals surface area contributed by atoms with Gasteiger partial charge in [0.2, 0.25) is 0 Å². The second kappa shape index (κ2) is 6.59. The molecule has 0 radical (unpaired) electrons. The van der Waals surface area contributed by atoms with E-state index in [4.69, 9.17) is 0 Å². The van der Waals surface area contributed by atoms with E-state index in [0.29, 0.717) is 0 Å². The van der Waals surface area contributed by atoms with Crippen LogP contribution in [0.1, 0.15) is 5.56 Å². The van der Waals surface area contributed by atoms with Gasteiger partial charge >= 0.3 is 0 Å². The summed E-state index contributed by atoms with van der Waals surface area (Å²) in [6, 6.07) is 10.00. The van der Waals surface area contributed by atoms with Gasteiger partial charge < -0.3 is 5.11 Å². The number of hydrogen-bond acceptors (Lipinski definition) is 1. The second-order valence-electron chi connectivity index (χ2n) is 3.24. The lowest BCUT2D eigenvalue weighted by atomic mass is 10.0. The van der Waals surface area contributed by atoms with Crippen LogP contribution in [-0.2, 0) is 0 Å². The van der Waals surface area contributed by atoms with Gasteiger partial charge in [-0.1, -0.05) is 54.6 Å². The molecular formula is C15H16O. The summed E-state index contributed by atoms with van der Waals surface area (Å²) < 4.78 is 0. The smallest absolute Gasteiger partial charge is 0.0975 e. The Morgan fingerprint density at radius 3 is 2.38 bits per heavy atom. The van der Waals surface area contributed by atoms with Gasteiger partial charge in [0.05, 0.1) is 6.10 Å². The van der Waals surface area contributed by atoms with E-state index >= 15 is 0 Å². The van der Waals surface area contributed by atoms with Gasteiger partial charge in [-0.3, -0.25) is 0 Å². The summed E-state index contributed by atoms with van der Waals surface area (Å²) in [5.41, 5.74) is 2.04. The monoisotopic (exact) mass is 212 g/mol. The summed E-state index contributed by atoms with van der Waals surface area (Å²) in [4.78, 5) is 0. The molecule has 2 rings (SSSR count). The molecule has 0 heterocycles. The average Bonchev–Trinajstić information content (AvgIpc) is 2.36. The van der Waals surface area contributed by atoms with Gasteiger partial charge in [-0.25, -0.2) is 0 Å². The summed E-state index contributed by atoms with van der Waals surface area (Å²) in [7, 11) is 0. The van der Waals surface area contributed by atoms with Gasteiger partial charge in [0, 0.05) is 0 Å². The summed E-state index contributed by atoms with van der Waals surface area (Å²) in [5, 5.41) is 9.62. The minimum absolute atomic E-state index is 0.472. The van der Waals surface area contributed by atoms with Crippen LogP contribution in [0.4, 0.5) is 0 Å². The van der Waals surface area contributed by atoms with Gasteiger partial charge in [-0.2, -0.15) is 0 Å². The van der Waals surface area contributed by atoms with Crippen molar-refractivity contribution in [1.82, 2.24) is 0 Å². The van der Waals surface area contributed by atoms with Crippen LogP contribution < -0.4 is 0 Å². The van der Waals surface area contributed by atoms with Crippen molar-refractivity contribution in [2.45, 2.75) is 6.10 Å². The average molecular weight is 212 g/mol. The first-order chi connectivity index (χ1) is 7.86. The maximum atomic E-state index is 9.62. The van der Waals surface area contributed by atoms with Crippen molar-refractivity contribution >= 4 is 6.08 Å². The Bertz CT molecular complexity index is 399. The van der Waals surface area contributed by atoms with Crippen LogP contribution in [0.5, 0.6) is 0 Å². The van der Waals surface area contributed by atoms with Crippen molar-refractivity contribution < 1.29 is 5.11 Å². The Labute approximate surface area is 96.8 Å². The third-order valence-corrected chi connectivity index (χ3v) is 2.17. The van der Waals surface area contributed by atoms with Crippen molar-refractivity contribution in [1.29, 1.82) is 0 Å². The predicted molar refractivity (Wildman–Crippen MR) is 70.0 cm³/mol. The van der Waals surface area contributed by atoms with Crippen molar-refractivity contribution in [2.24, 2.45) is 0 Å². The summed E-state index contributed by atoms with van der Waals surface area (Å²) in [5.74, 6) is 0. The molecule has 1 unspecified atom stereocenters. The highest BCUT2D eigenvalue weighted by Gasteiger charge is 2.05. The number of aliphatic hydroxyl groups is 1. The highest BCUT2D eigenvalue weighted by molar-refractivity contribution is 5.58. The zero-order valence-corrected chi connectivity index (χ0v) is 9.21. The molecule has 1 nitrogen and oxygen atoms in total. The fourth-order valence-electron chi connectivity index (χ4n) is 1.42. The maximum Gasteiger partial charge on any atom is 0.0975 e. The molecule has 1 aromatic rings. The molecule has 0 saturated heterocycles. The maximum absolute atomic E-state index is 9.62. The number of rotatable bonds is 1. The van der Waals surface area contributed by atoms with Crippen molar-refractivity contribution in [3.05, 3.63) is 78.9 Å². The van der Waals surface area contributed by atoms with Gasteiger partial charge in [-0.15, -0.1) is 13.2 Å². The molecule has 0 amide bonds. The second-order valence-corrected chi connectivity index (χ2v) is 3.24. The van der Waals surface area contributed by atoms with Gasteiger partial charge in [0.15, 0.2) is 0 Å². The lowest BCUT2D eigenvalue weighted by Gasteiger charge is -2.10. The first-order valence-electron chi connectivity index (χ1n) is 5.16. The van der Waals surface area contributed by atoms with E-state index in [1.165, 1.54) is 0 Å². The van der Waals surface area contributed by atoms with E-state index in [-0.39, 0.29) is 0 Å². The molecule has 1 heteroatoms. The van der Waals surface area contributed by atoms with Crippen LogP contribution in [0.2, 0.25) is 0 Å². The fraction of sp³-hybridized carbons (Fsp3) is 0.0667. The van der Waals surface area contributed by atoms with Crippen molar-refractivity contribution in [3.8, 4) is 0 Å². The van der Waals surface area contributed by atoms with Crippen molar-refractivity contribution in [3.63, 3.8) is 0 Å². The van der Waals surface area contributed by atoms with Crippen LogP contribution >= 0.6 is 0 Å².